The van der Waals surface area contributed by atoms with Crippen molar-refractivity contribution in [3.63, 3.8) is 0 Å². The van der Waals surface area contributed by atoms with Crippen molar-refractivity contribution in [3.8, 4) is 0 Å². The van der Waals surface area contributed by atoms with E-state index in [0.717, 1.165) is 12.2 Å². The second-order valence-corrected chi connectivity index (χ2v) is 6.10. The molecule has 0 spiro atoms. The summed E-state index contributed by atoms with van der Waals surface area (Å²) in [6.45, 7) is 8.13. The van der Waals surface area contributed by atoms with Crippen LogP contribution in [0.15, 0.2) is 6.07 Å². The fourth-order valence-electron chi connectivity index (χ4n) is 2.58. The maximum Gasteiger partial charge on any atom is 0.271 e. The highest BCUT2D eigenvalue weighted by Gasteiger charge is 2.32. The summed E-state index contributed by atoms with van der Waals surface area (Å²) in [7, 11) is 1.85. The number of aromatic nitrogens is 2. The van der Waals surface area contributed by atoms with Crippen LogP contribution in [0.4, 0.5) is 0 Å². The van der Waals surface area contributed by atoms with Crippen molar-refractivity contribution in [1.82, 2.24) is 20.4 Å². The minimum absolute atomic E-state index is 0.0909. The van der Waals surface area contributed by atoms with Crippen LogP contribution in [0.25, 0.3) is 0 Å². The van der Waals surface area contributed by atoms with E-state index in [9.17, 15) is 4.79 Å². The van der Waals surface area contributed by atoms with Crippen LogP contribution in [-0.2, 0) is 7.05 Å². The quantitative estimate of drug-likeness (QED) is 0.863. The highest BCUT2D eigenvalue weighted by molar-refractivity contribution is 5.92. The molecule has 1 atom stereocenters. The lowest BCUT2D eigenvalue weighted by atomic mass is 9.77. The summed E-state index contributed by atoms with van der Waals surface area (Å²) in [4.78, 5) is 12.0. The number of carbonyl (C=O) groups excluding carboxylic acids is 1. The van der Waals surface area contributed by atoms with Gasteiger partial charge < -0.3 is 10.6 Å². The van der Waals surface area contributed by atoms with Gasteiger partial charge in [0.05, 0.1) is 0 Å². The van der Waals surface area contributed by atoms with Gasteiger partial charge in [0.25, 0.3) is 5.91 Å². The highest BCUT2D eigenvalue weighted by Crippen LogP contribution is 2.29. The molecule has 2 rings (SSSR count). The minimum atomic E-state index is -0.0909. The molecule has 19 heavy (non-hydrogen) atoms. The molecule has 0 aromatic carbocycles. The van der Waals surface area contributed by atoms with Crippen LogP contribution in [0.5, 0.6) is 0 Å². The van der Waals surface area contributed by atoms with Crippen LogP contribution >= 0.6 is 0 Å². The van der Waals surface area contributed by atoms with Crippen molar-refractivity contribution in [3.05, 3.63) is 17.5 Å². The van der Waals surface area contributed by atoms with E-state index in [1.54, 1.807) is 4.68 Å². The van der Waals surface area contributed by atoms with Gasteiger partial charge in [-0.2, -0.15) is 5.10 Å². The fourth-order valence-corrected chi connectivity index (χ4v) is 2.58. The Bertz CT molecular complexity index is 445. The smallest absolute Gasteiger partial charge is 0.271 e. The summed E-state index contributed by atoms with van der Waals surface area (Å²) < 4.78 is 1.72. The maximum atomic E-state index is 12.0. The first-order chi connectivity index (χ1) is 8.90. The molecule has 0 aliphatic carbocycles. The van der Waals surface area contributed by atoms with Gasteiger partial charge in [-0.05, 0) is 37.8 Å². The number of piperidine rings is 1. The predicted molar refractivity (Wildman–Crippen MR) is 75.1 cm³/mol. The molecule has 0 radical (unpaired) electrons. The Balaban J connectivity index is 1.93. The first-order valence-electron chi connectivity index (χ1n) is 6.92. The molecule has 5 nitrogen and oxygen atoms in total. The van der Waals surface area contributed by atoms with Crippen LogP contribution in [0.3, 0.4) is 0 Å². The number of nitrogens with zero attached hydrogens (tertiary/aromatic N) is 2. The van der Waals surface area contributed by atoms with Gasteiger partial charge in [-0.25, -0.2) is 0 Å². The number of hydrogen-bond donors (Lipinski definition) is 2. The third-order valence-corrected chi connectivity index (χ3v) is 4.15. The van der Waals surface area contributed by atoms with Crippen molar-refractivity contribution in [2.45, 2.75) is 39.7 Å². The van der Waals surface area contributed by atoms with Gasteiger partial charge in [-0.3, -0.25) is 9.48 Å². The molecule has 1 aromatic rings. The molecule has 1 fully saturated rings. The largest absolute Gasteiger partial charge is 0.349 e. The Morgan fingerprint density at radius 1 is 1.63 bits per heavy atom. The SMILES string of the molecule is Cc1cc(C(=O)NCC2NCCCC2(C)C)nn1C. The van der Waals surface area contributed by atoms with Crippen molar-refractivity contribution in [2.75, 3.05) is 13.1 Å². The molecule has 1 aliphatic rings. The van der Waals surface area contributed by atoms with Gasteiger partial charge >= 0.3 is 0 Å². The molecule has 106 valence electrons. The van der Waals surface area contributed by atoms with Crippen molar-refractivity contribution >= 4 is 5.91 Å². The van der Waals surface area contributed by atoms with E-state index in [2.05, 4.69) is 29.6 Å². The summed E-state index contributed by atoms with van der Waals surface area (Å²) >= 11 is 0. The first kappa shape index (κ1) is 14.1. The molecule has 1 amide bonds. The molecular weight excluding hydrogens is 240 g/mol. The van der Waals surface area contributed by atoms with Crippen LogP contribution in [0.1, 0.15) is 42.9 Å². The predicted octanol–water partition coefficient (Wildman–Crippen LogP) is 1.24. The van der Waals surface area contributed by atoms with Crippen LogP contribution < -0.4 is 10.6 Å². The average molecular weight is 264 g/mol. The van der Waals surface area contributed by atoms with Crippen molar-refractivity contribution in [2.24, 2.45) is 12.5 Å². The Morgan fingerprint density at radius 3 is 2.95 bits per heavy atom. The number of hydrogen-bond acceptors (Lipinski definition) is 3. The van der Waals surface area contributed by atoms with E-state index >= 15 is 0 Å². The van der Waals surface area contributed by atoms with Gasteiger partial charge in [-0.15, -0.1) is 0 Å². The molecule has 1 aromatic heterocycles. The fraction of sp³-hybridized carbons (Fsp3) is 0.714. The van der Waals surface area contributed by atoms with Gasteiger partial charge in [0.2, 0.25) is 0 Å². The molecule has 1 saturated heterocycles. The second-order valence-electron chi connectivity index (χ2n) is 6.10. The molecular formula is C14H24N4O. The lowest BCUT2D eigenvalue weighted by molar-refractivity contribution is 0.0923. The Morgan fingerprint density at radius 2 is 2.37 bits per heavy atom. The summed E-state index contributed by atoms with van der Waals surface area (Å²) in [6, 6.07) is 2.14. The normalized spacial score (nSPS) is 22.2. The molecule has 2 N–H and O–H groups in total. The van der Waals surface area contributed by atoms with Gasteiger partial charge in [0.1, 0.15) is 5.69 Å². The van der Waals surface area contributed by atoms with Gasteiger partial charge in [-0.1, -0.05) is 13.8 Å². The Hall–Kier alpha value is -1.36. The van der Waals surface area contributed by atoms with Crippen molar-refractivity contribution in [1.29, 1.82) is 0 Å². The summed E-state index contributed by atoms with van der Waals surface area (Å²) in [5, 5.41) is 10.7. The summed E-state index contributed by atoms with van der Waals surface area (Å²) in [5.74, 6) is -0.0909. The van der Waals surface area contributed by atoms with Crippen molar-refractivity contribution < 1.29 is 4.79 Å². The second kappa shape index (κ2) is 5.33. The van der Waals surface area contributed by atoms with E-state index in [0.29, 0.717) is 18.3 Å². The first-order valence-corrected chi connectivity index (χ1v) is 6.92. The molecule has 2 heterocycles. The number of nitrogens with one attached hydrogen (secondary N) is 2. The van der Waals surface area contributed by atoms with Gasteiger partial charge in [0.15, 0.2) is 0 Å². The number of amides is 1. The summed E-state index contributed by atoms with van der Waals surface area (Å²) in [6.07, 6.45) is 2.40. The molecule has 5 heteroatoms. The molecule has 0 bridgehead atoms. The number of rotatable bonds is 3. The zero-order chi connectivity index (χ0) is 14.0. The minimum Gasteiger partial charge on any atom is -0.349 e. The number of aryl methyl sites for hydroxylation is 2. The standard InChI is InChI=1S/C14H24N4O/c1-10-8-11(17-18(10)4)13(19)16-9-12-14(2,3)6-5-7-15-12/h8,12,15H,5-7,9H2,1-4H3,(H,16,19). The lowest BCUT2D eigenvalue weighted by Gasteiger charge is -2.39. The average Bonchev–Trinajstić information content (AvgIpc) is 2.67. The third-order valence-electron chi connectivity index (χ3n) is 4.15. The van der Waals surface area contributed by atoms with E-state index in [1.165, 1.54) is 12.8 Å². The Labute approximate surface area is 114 Å². The van der Waals surface area contributed by atoms with Crippen LogP contribution in [0.2, 0.25) is 0 Å². The molecule has 0 saturated carbocycles. The molecule has 1 unspecified atom stereocenters. The third kappa shape index (κ3) is 3.15. The van der Waals surface area contributed by atoms with E-state index < -0.39 is 0 Å². The van der Waals surface area contributed by atoms with Crippen LogP contribution in [-0.4, -0.2) is 34.8 Å². The zero-order valence-corrected chi connectivity index (χ0v) is 12.3. The zero-order valence-electron chi connectivity index (χ0n) is 12.3. The topological polar surface area (TPSA) is 59.0 Å². The summed E-state index contributed by atoms with van der Waals surface area (Å²) in [5.41, 5.74) is 1.71. The van der Waals surface area contributed by atoms with E-state index in [-0.39, 0.29) is 11.3 Å². The monoisotopic (exact) mass is 264 g/mol. The van der Waals surface area contributed by atoms with Gasteiger partial charge in [0, 0.05) is 25.3 Å². The molecule has 1 aliphatic heterocycles. The van der Waals surface area contributed by atoms with E-state index in [1.807, 2.05) is 20.0 Å². The lowest BCUT2D eigenvalue weighted by Crippen LogP contribution is -2.52. The maximum absolute atomic E-state index is 12.0. The van der Waals surface area contributed by atoms with Crippen LogP contribution in [0, 0.1) is 12.3 Å². The Kier molecular flexibility index (Phi) is 3.94. The number of carbonyl (C=O) groups is 1. The highest BCUT2D eigenvalue weighted by atomic mass is 16.1. The van der Waals surface area contributed by atoms with E-state index in [4.69, 9.17) is 0 Å².